The van der Waals surface area contributed by atoms with Gasteiger partial charge in [-0.05, 0) is 44.4 Å². The van der Waals surface area contributed by atoms with E-state index in [1.165, 1.54) is 17.5 Å². The molecule has 1 heterocycles. The van der Waals surface area contributed by atoms with E-state index >= 15 is 0 Å². The molecule has 1 saturated heterocycles. The van der Waals surface area contributed by atoms with Crippen molar-refractivity contribution in [2.75, 3.05) is 32.8 Å². The van der Waals surface area contributed by atoms with Gasteiger partial charge in [-0.15, -0.1) is 0 Å². The Morgan fingerprint density at radius 2 is 2.19 bits per heavy atom. The van der Waals surface area contributed by atoms with E-state index in [2.05, 4.69) is 55.3 Å². The highest BCUT2D eigenvalue weighted by Gasteiger charge is 2.20. The molecule has 2 unspecified atom stereocenters. The van der Waals surface area contributed by atoms with Crippen LogP contribution in [0.2, 0.25) is 0 Å². The molecule has 3 heteroatoms. The molecule has 1 aliphatic heterocycles. The Labute approximate surface area is 129 Å². The fourth-order valence-corrected chi connectivity index (χ4v) is 3.07. The van der Waals surface area contributed by atoms with Crippen molar-refractivity contribution in [1.29, 1.82) is 0 Å². The summed E-state index contributed by atoms with van der Waals surface area (Å²) in [5.74, 6) is 0. The minimum atomic E-state index is 0.344. The van der Waals surface area contributed by atoms with Gasteiger partial charge in [0.25, 0.3) is 0 Å². The van der Waals surface area contributed by atoms with E-state index in [0.717, 1.165) is 39.2 Å². The van der Waals surface area contributed by atoms with Gasteiger partial charge in [0.15, 0.2) is 0 Å². The van der Waals surface area contributed by atoms with Crippen LogP contribution in [0.1, 0.15) is 43.9 Å². The Kier molecular flexibility index (Phi) is 6.68. The van der Waals surface area contributed by atoms with Gasteiger partial charge in [-0.3, -0.25) is 4.90 Å². The summed E-state index contributed by atoms with van der Waals surface area (Å²) in [5, 5.41) is 3.73. The number of hydrogen-bond acceptors (Lipinski definition) is 3. The Balaban J connectivity index is 2.07. The van der Waals surface area contributed by atoms with E-state index in [1.807, 2.05) is 0 Å². The van der Waals surface area contributed by atoms with Crippen molar-refractivity contribution >= 4 is 0 Å². The number of benzene rings is 1. The van der Waals surface area contributed by atoms with Gasteiger partial charge in [-0.1, -0.05) is 31.2 Å². The van der Waals surface area contributed by atoms with Crippen molar-refractivity contribution in [3.8, 4) is 0 Å². The van der Waals surface area contributed by atoms with E-state index in [-0.39, 0.29) is 0 Å². The summed E-state index contributed by atoms with van der Waals surface area (Å²) >= 11 is 0. The normalized spacial score (nSPS) is 22.0. The third-order valence-electron chi connectivity index (χ3n) is 4.18. The number of nitrogens with one attached hydrogen (secondary N) is 1. The van der Waals surface area contributed by atoms with Crippen LogP contribution in [0.15, 0.2) is 24.3 Å². The van der Waals surface area contributed by atoms with Crippen LogP contribution in [0, 0.1) is 6.92 Å². The maximum absolute atomic E-state index is 5.76. The topological polar surface area (TPSA) is 24.5 Å². The molecular formula is C18H30N2O. The van der Waals surface area contributed by atoms with Crippen LogP contribution in [0.3, 0.4) is 0 Å². The average molecular weight is 290 g/mol. The highest BCUT2D eigenvalue weighted by atomic mass is 16.5. The third kappa shape index (κ3) is 5.10. The molecular weight excluding hydrogens is 260 g/mol. The van der Waals surface area contributed by atoms with Crippen molar-refractivity contribution in [2.45, 2.75) is 45.8 Å². The molecule has 118 valence electrons. The molecule has 0 saturated carbocycles. The molecule has 0 radical (unpaired) electrons. The molecule has 0 aliphatic carbocycles. The highest BCUT2D eigenvalue weighted by Crippen LogP contribution is 2.20. The summed E-state index contributed by atoms with van der Waals surface area (Å²) in [6.45, 7) is 11.8. The number of hydrogen-bond donors (Lipinski definition) is 1. The maximum atomic E-state index is 5.76. The van der Waals surface area contributed by atoms with Crippen molar-refractivity contribution in [3.63, 3.8) is 0 Å². The lowest BCUT2D eigenvalue weighted by atomic mass is 10.0. The Morgan fingerprint density at radius 3 is 2.95 bits per heavy atom. The first kappa shape index (κ1) is 16.5. The molecule has 2 atom stereocenters. The van der Waals surface area contributed by atoms with E-state index in [1.54, 1.807) is 0 Å². The first-order valence-corrected chi connectivity index (χ1v) is 8.33. The fourth-order valence-electron chi connectivity index (χ4n) is 3.07. The van der Waals surface area contributed by atoms with E-state index in [0.29, 0.717) is 12.1 Å². The number of nitrogens with zero attached hydrogens (tertiary/aromatic N) is 1. The summed E-state index contributed by atoms with van der Waals surface area (Å²) in [6.07, 6.45) is 2.65. The first-order valence-electron chi connectivity index (χ1n) is 8.33. The quantitative estimate of drug-likeness (QED) is 0.871. The largest absolute Gasteiger partial charge is 0.377 e. The molecule has 1 N–H and O–H groups in total. The predicted molar refractivity (Wildman–Crippen MR) is 88.7 cm³/mol. The van der Waals surface area contributed by atoms with E-state index in [9.17, 15) is 0 Å². The maximum Gasteiger partial charge on any atom is 0.0673 e. The third-order valence-corrected chi connectivity index (χ3v) is 4.18. The zero-order valence-electron chi connectivity index (χ0n) is 13.8. The van der Waals surface area contributed by atoms with Crippen molar-refractivity contribution in [3.05, 3.63) is 35.4 Å². The molecule has 0 bridgehead atoms. The number of aryl methyl sites for hydroxylation is 1. The van der Waals surface area contributed by atoms with E-state index < -0.39 is 0 Å². The SMILES string of the molecule is CCCNC(CN1CCCOC(C)C1)c1ccccc1C. The van der Waals surface area contributed by atoms with Gasteiger partial charge >= 0.3 is 0 Å². The second-order valence-corrected chi connectivity index (χ2v) is 6.16. The lowest BCUT2D eigenvalue weighted by Crippen LogP contribution is -2.38. The minimum Gasteiger partial charge on any atom is -0.377 e. The summed E-state index contributed by atoms with van der Waals surface area (Å²) in [5.41, 5.74) is 2.81. The van der Waals surface area contributed by atoms with E-state index in [4.69, 9.17) is 4.74 Å². The van der Waals surface area contributed by atoms with Crippen LogP contribution in [-0.2, 0) is 4.74 Å². The molecule has 1 aromatic carbocycles. The molecule has 0 amide bonds. The predicted octanol–water partition coefficient (Wildman–Crippen LogP) is 3.15. The van der Waals surface area contributed by atoms with Gasteiger partial charge in [0.05, 0.1) is 6.10 Å². The second kappa shape index (κ2) is 8.52. The smallest absolute Gasteiger partial charge is 0.0673 e. The monoisotopic (exact) mass is 290 g/mol. The molecule has 3 nitrogen and oxygen atoms in total. The van der Waals surface area contributed by atoms with Gasteiger partial charge < -0.3 is 10.1 Å². The standard InChI is InChI=1S/C18H30N2O/c1-4-10-19-18(17-9-6-5-8-15(17)2)14-20-11-7-12-21-16(3)13-20/h5-6,8-9,16,18-19H,4,7,10-14H2,1-3H3. The lowest BCUT2D eigenvalue weighted by molar-refractivity contribution is 0.0664. The Hall–Kier alpha value is -0.900. The Morgan fingerprint density at radius 1 is 1.38 bits per heavy atom. The highest BCUT2D eigenvalue weighted by molar-refractivity contribution is 5.29. The second-order valence-electron chi connectivity index (χ2n) is 6.16. The Bertz CT molecular complexity index is 421. The molecule has 1 aliphatic rings. The van der Waals surface area contributed by atoms with Gasteiger partial charge in [-0.25, -0.2) is 0 Å². The van der Waals surface area contributed by atoms with Crippen LogP contribution >= 0.6 is 0 Å². The zero-order valence-corrected chi connectivity index (χ0v) is 13.8. The minimum absolute atomic E-state index is 0.344. The fraction of sp³-hybridized carbons (Fsp3) is 0.667. The van der Waals surface area contributed by atoms with Crippen LogP contribution in [0.5, 0.6) is 0 Å². The number of rotatable bonds is 6. The summed E-state index contributed by atoms with van der Waals surface area (Å²) in [4.78, 5) is 2.55. The lowest BCUT2D eigenvalue weighted by Gasteiger charge is -2.29. The summed E-state index contributed by atoms with van der Waals surface area (Å²) < 4.78 is 5.76. The van der Waals surface area contributed by atoms with Crippen molar-refractivity contribution < 1.29 is 4.74 Å². The molecule has 0 spiro atoms. The summed E-state index contributed by atoms with van der Waals surface area (Å²) in [6, 6.07) is 9.16. The average Bonchev–Trinajstić information content (AvgIpc) is 2.68. The van der Waals surface area contributed by atoms with Crippen LogP contribution in [0.4, 0.5) is 0 Å². The van der Waals surface area contributed by atoms with Crippen LogP contribution in [0.25, 0.3) is 0 Å². The molecule has 21 heavy (non-hydrogen) atoms. The van der Waals surface area contributed by atoms with Crippen LogP contribution < -0.4 is 5.32 Å². The number of ether oxygens (including phenoxy) is 1. The summed E-state index contributed by atoms with van der Waals surface area (Å²) in [7, 11) is 0. The molecule has 1 aromatic rings. The van der Waals surface area contributed by atoms with Gasteiger partial charge in [0.1, 0.15) is 0 Å². The van der Waals surface area contributed by atoms with Crippen molar-refractivity contribution in [2.24, 2.45) is 0 Å². The molecule has 2 rings (SSSR count). The zero-order chi connectivity index (χ0) is 15.1. The molecule has 1 fully saturated rings. The molecule has 0 aromatic heterocycles. The first-order chi connectivity index (χ1) is 10.2. The van der Waals surface area contributed by atoms with Crippen molar-refractivity contribution in [1.82, 2.24) is 10.2 Å². The van der Waals surface area contributed by atoms with Gasteiger partial charge in [0, 0.05) is 32.3 Å². The van der Waals surface area contributed by atoms with Gasteiger partial charge in [0.2, 0.25) is 0 Å². The van der Waals surface area contributed by atoms with Gasteiger partial charge in [-0.2, -0.15) is 0 Å². The van der Waals surface area contributed by atoms with Crippen LogP contribution in [-0.4, -0.2) is 43.8 Å².